The maximum absolute atomic E-state index is 5.19. The Morgan fingerprint density at radius 3 is 1.50 bits per heavy atom. The van der Waals surface area contributed by atoms with Gasteiger partial charge in [0.25, 0.3) is 0 Å². The van der Waals surface area contributed by atoms with Gasteiger partial charge in [-0.05, 0) is 94.7 Å². The van der Waals surface area contributed by atoms with Crippen molar-refractivity contribution in [2.24, 2.45) is 0 Å². The van der Waals surface area contributed by atoms with Gasteiger partial charge in [0.2, 0.25) is 0 Å². The predicted octanol–water partition coefficient (Wildman–Crippen LogP) is 15.1. The average molecular weight is 737 g/mol. The van der Waals surface area contributed by atoms with Crippen molar-refractivity contribution in [2.45, 2.75) is 0 Å². The smallest absolute Gasteiger partial charge is 0.160 e. The van der Waals surface area contributed by atoms with Gasteiger partial charge in [0.05, 0.1) is 11.4 Å². The predicted molar refractivity (Wildman–Crippen MR) is 245 cm³/mol. The summed E-state index contributed by atoms with van der Waals surface area (Å²) in [5, 5.41) is 9.88. The van der Waals surface area contributed by atoms with Gasteiger partial charge in [0.15, 0.2) is 5.82 Å². The second kappa shape index (κ2) is 14.1. The third-order valence-corrected chi connectivity index (χ3v) is 11.4. The zero-order chi connectivity index (χ0) is 38.4. The molecule has 0 fully saturated rings. The van der Waals surface area contributed by atoms with Crippen LogP contribution in [-0.2, 0) is 0 Å². The van der Waals surface area contributed by atoms with Crippen LogP contribution in [0.5, 0.6) is 0 Å². The fourth-order valence-electron chi connectivity index (χ4n) is 8.75. The van der Waals surface area contributed by atoms with Crippen molar-refractivity contribution in [3.63, 3.8) is 0 Å². The summed E-state index contributed by atoms with van der Waals surface area (Å²) in [4.78, 5) is 10.4. The molecule has 0 atom stereocenters. The Labute approximate surface area is 337 Å². The zero-order valence-corrected chi connectivity index (χ0v) is 31.7. The Morgan fingerprint density at radius 2 is 0.776 bits per heavy atom. The normalized spacial score (nSPS) is 11.4. The van der Waals surface area contributed by atoms with Gasteiger partial charge < -0.3 is 0 Å². The van der Waals surface area contributed by atoms with Crippen LogP contribution in [0.3, 0.4) is 0 Å². The van der Waals surface area contributed by atoms with Crippen LogP contribution < -0.4 is 0 Å². The van der Waals surface area contributed by atoms with E-state index in [9.17, 15) is 0 Å². The maximum Gasteiger partial charge on any atom is 0.160 e. The molecule has 0 bridgehead atoms. The van der Waals surface area contributed by atoms with E-state index >= 15 is 0 Å². The van der Waals surface area contributed by atoms with E-state index in [1.54, 1.807) is 0 Å². The Hall–Kier alpha value is -7.68. The Kier molecular flexibility index (Phi) is 8.19. The van der Waals surface area contributed by atoms with Crippen LogP contribution in [0.15, 0.2) is 218 Å². The molecule has 0 aliphatic heterocycles. The van der Waals surface area contributed by atoms with E-state index in [2.05, 4.69) is 200 Å². The van der Waals surface area contributed by atoms with Crippen molar-refractivity contribution in [3.05, 3.63) is 218 Å². The highest BCUT2D eigenvalue weighted by Gasteiger charge is 2.19. The Morgan fingerprint density at radius 1 is 0.259 bits per heavy atom. The monoisotopic (exact) mass is 736 g/mol. The minimum atomic E-state index is 0.705. The number of hydrogen-bond acceptors (Lipinski definition) is 2. The third kappa shape index (κ3) is 5.82. The molecule has 0 N–H and O–H groups in total. The standard InChI is InChI=1S/C56H36N2/c1-4-16-37(17-5-1)45-23-12-13-25-47(45)52-36-51(57-56(58-52)40-21-8-3-9-22-40)43-30-28-42-35-44(31-29-41(42)34-43)54-49-27-15-14-26-48(49)53(39-19-6-2-7-20-39)50-33-32-38-18-10-11-24-46(38)55(50)54/h1-36H. The van der Waals surface area contributed by atoms with Gasteiger partial charge in [-0.1, -0.05) is 200 Å². The van der Waals surface area contributed by atoms with Crippen LogP contribution in [0, 0.1) is 0 Å². The first-order valence-electron chi connectivity index (χ1n) is 19.8. The number of aromatic nitrogens is 2. The molecule has 2 heteroatoms. The van der Waals surface area contributed by atoms with E-state index in [0.29, 0.717) is 5.82 Å². The number of rotatable bonds is 6. The number of nitrogens with zero attached hydrogens (tertiary/aromatic N) is 2. The summed E-state index contributed by atoms with van der Waals surface area (Å²) in [6.07, 6.45) is 0. The van der Waals surface area contributed by atoms with Gasteiger partial charge in [-0.15, -0.1) is 0 Å². The van der Waals surface area contributed by atoms with Crippen molar-refractivity contribution in [1.29, 1.82) is 0 Å². The molecule has 0 unspecified atom stereocenters. The van der Waals surface area contributed by atoms with E-state index < -0.39 is 0 Å². The molecular weight excluding hydrogens is 701 g/mol. The van der Waals surface area contributed by atoms with Crippen molar-refractivity contribution < 1.29 is 0 Å². The molecule has 0 saturated heterocycles. The number of benzene rings is 10. The van der Waals surface area contributed by atoms with E-state index in [4.69, 9.17) is 9.97 Å². The SMILES string of the molecule is c1ccc(-c2nc(-c3ccc4cc(-c5c6ccccc6c(-c6ccccc6)c6ccc7ccccc7c56)ccc4c3)cc(-c3ccccc3-c3ccccc3)n2)cc1. The van der Waals surface area contributed by atoms with Crippen LogP contribution >= 0.6 is 0 Å². The molecule has 1 heterocycles. The number of hydrogen-bond donors (Lipinski definition) is 0. The highest BCUT2D eigenvalue weighted by molar-refractivity contribution is 6.28. The van der Waals surface area contributed by atoms with Crippen molar-refractivity contribution in [2.75, 3.05) is 0 Å². The van der Waals surface area contributed by atoms with Crippen LogP contribution in [0.2, 0.25) is 0 Å². The molecule has 11 aromatic rings. The zero-order valence-electron chi connectivity index (χ0n) is 31.7. The van der Waals surface area contributed by atoms with Gasteiger partial charge in [0, 0.05) is 16.7 Å². The molecule has 270 valence electrons. The van der Waals surface area contributed by atoms with Gasteiger partial charge in [-0.25, -0.2) is 9.97 Å². The lowest BCUT2D eigenvalue weighted by Gasteiger charge is -2.19. The molecule has 0 radical (unpaired) electrons. The molecule has 11 rings (SSSR count). The third-order valence-electron chi connectivity index (χ3n) is 11.4. The van der Waals surface area contributed by atoms with Crippen LogP contribution in [0.1, 0.15) is 0 Å². The van der Waals surface area contributed by atoms with Gasteiger partial charge in [0.1, 0.15) is 0 Å². The molecule has 0 aliphatic rings. The second-order valence-corrected chi connectivity index (χ2v) is 14.9. The quantitative estimate of drug-likeness (QED) is 0.125. The molecule has 0 saturated carbocycles. The molecular formula is C56H36N2. The first-order valence-corrected chi connectivity index (χ1v) is 19.8. The minimum Gasteiger partial charge on any atom is -0.228 e. The Balaban J connectivity index is 1.09. The summed E-state index contributed by atoms with van der Waals surface area (Å²) < 4.78 is 0. The van der Waals surface area contributed by atoms with Crippen LogP contribution in [-0.4, -0.2) is 9.97 Å². The van der Waals surface area contributed by atoms with E-state index in [1.165, 1.54) is 60.0 Å². The summed E-state index contributed by atoms with van der Waals surface area (Å²) >= 11 is 0. The summed E-state index contributed by atoms with van der Waals surface area (Å²) in [6.45, 7) is 0. The van der Waals surface area contributed by atoms with E-state index in [-0.39, 0.29) is 0 Å². The molecule has 0 aliphatic carbocycles. The van der Waals surface area contributed by atoms with E-state index in [0.717, 1.165) is 44.6 Å². The largest absolute Gasteiger partial charge is 0.228 e. The first kappa shape index (κ1) is 33.6. The van der Waals surface area contributed by atoms with E-state index in [1.807, 2.05) is 18.2 Å². The fraction of sp³-hybridized carbons (Fsp3) is 0. The highest BCUT2D eigenvalue weighted by atomic mass is 14.9. The topological polar surface area (TPSA) is 25.8 Å². The maximum atomic E-state index is 5.19. The fourth-order valence-corrected chi connectivity index (χ4v) is 8.75. The summed E-state index contributed by atoms with van der Waals surface area (Å²) in [7, 11) is 0. The molecule has 1 aromatic heterocycles. The lowest BCUT2D eigenvalue weighted by Crippen LogP contribution is -1.97. The molecule has 10 aromatic carbocycles. The molecule has 58 heavy (non-hydrogen) atoms. The number of fused-ring (bicyclic) bond motifs is 5. The summed E-state index contributed by atoms with van der Waals surface area (Å²) in [5.41, 5.74) is 12.1. The molecule has 0 spiro atoms. The second-order valence-electron chi connectivity index (χ2n) is 14.9. The van der Waals surface area contributed by atoms with Gasteiger partial charge >= 0.3 is 0 Å². The lowest BCUT2D eigenvalue weighted by molar-refractivity contribution is 1.18. The Bertz CT molecular complexity index is 3320. The minimum absolute atomic E-state index is 0.705. The first-order chi connectivity index (χ1) is 28.8. The summed E-state index contributed by atoms with van der Waals surface area (Å²) in [6, 6.07) is 78.2. The van der Waals surface area contributed by atoms with Crippen molar-refractivity contribution in [1.82, 2.24) is 9.97 Å². The highest BCUT2D eigenvalue weighted by Crippen LogP contribution is 2.46. The molecule has 2 nitrogen and oxygen atoms in total. The molecule has 0 amide bonds. The van der Waals surface area contributed by atoms with Gasteiger partial charge in [-0.3, -0.25) is 0 Å². The van der Waals surface area contributed by atoms with Crippen LogP contribution in [0.4, 0.5) is 0 Å². The van der Waals surface area contributed by atoms with Crippen molar-refractivity contribution >= 4 is 43.1 Å². The van der Waals surface area contributed by atoms with Crippen LogP contribution in [0.25, 0.3) is 110 Å². The average Bonchev–Trinajstić information content (AvgIpc) is 3.31. The van der Waals surface area contributed by atoms with Crippen molar-refractivity contribution in [3.8, 4) is 67.3 Å². The summed E-state index contributed by atoms with van der Waals surface area (Å²) in [5.74, 6) is 0.705. The lowest BCUT2D eigenvalue weighted by atomic mass is 9.83. The van der Waals surface area contributed by atoms with Gasteiger partial charge in [-0.2, -0.15) is 0 Å².